The molecule has 0 atom stereocenters. The first-order valence-corrected chi connectivity index (χ1v) is 11.2. The topological polar surface area (TPSA) is 28.6 Å². The van der Waals surface area contributed by atoms with Gasteiger partial charge in [0, 0.05) is 37.1 Å². The van der Waals surface area contributed by atoms with E-state index >= 15 is 0 Å². The van der Waals surface area contributed by atoms with E-state index < -0.39 is 0 Å². The van der Waals surface area contributed by atoms with Crippen molar-refractivity contribution in [3.63, 3.8) is 0 Å². The number of aromatic nitrogens is 1. The van der Waals surface area contributed by atoms with Gasteiger partial charge in [-0.05, 0) is 62.1 Å². The van der Waals surface area contributed by atoms with Gasteiger partial charge in [0.1, 0.15) is 5.15 Å². The third-order valence-electron chi connectivity index (χ3n) is 5.91. The highest BCUT2D eigenvalue weighted by Gasteiger charge is 2.47. The van der Waals surface area contributed by atoms with Crippen LogP contribution >= 0.6 is 23.5 Å². The van der Waals surface area contributed by atoms with Crippen molar-refractivity contribution in [3.8, 4) is 0 Å². The van der Waals surface area contributed by atoms with E-state index in [4.69, 9.17) is 16.3 Å². The maximum absolute atomic E-state index is 5.96. The molecule has 3 heterocycles. The molecule has 1 aromatic heterocycles. The number of rotatable bonds is 3. The summed E-state index contributed by atoms with van der Waals surface area (Å²) in [6.07, 6.45) is 5.46. The first-order valence-electron chi connectivity index (χ1n) is 10.0. The molecule has 0 radical (unpaired) electrons. The van der Waals surface area contributed by atoms with Gasteiger partial charge >= 0.3 is 0 Å². The Bertz CT molecular complexity index is 578. The van der Waals surface area contributed by atoms with Crippen molar-refractivity contribution in [2.24, 2.45) is 5.41 Å². The van der Waals surface area contributed by atoms with Gasteiger partial charge in [0.25, 0.3) is 0 Å². The number of morpholine rings is 1. The number of hydrogen-bond donors (Lipinski definition) is 0. The molecule has 4 rings (SSSR count). The Morgan fingerprint density at radius 1 is 1.12 bits per heavy atom. The Hall–Kier alpha value is -0.330. The smallest absolute Gasteiger partial charge is 0.129 e. The van der Waals surface area contributed by atoms with Crippen LogP contribution in [0.25, 0.3) is 0 Å². The molecule has 0 unspecified atom stereocenters. The molecule has 0 bridgehead atoms. The summed E-state index contributed by atoms with van der Waals surface area (Å²) in [6.45, 7) is 12.5. The Balaban J connectivity index is 0.000000948. The summed E-state index contributed by atoms with van der Waals surface area (Å²) in [5.41, 5.74) is 1.65. The molecule has 0 N–H and O–H groups in total. The van der Waals surface area contributed by atoms with Crippen LogP contribution in [0.3, 0.4) is 0 Å². The van der Waals surface area contributed by atoms with E-state index in [0.717, 1.165) is 38.0 Å². The molecular formula is C20H32ClN3OS. The Labute approximate surface area is 167 Å². The van der Waals surface area contributed by atoms with Crippen molar-refractivity contribution in [1.82, 2.24) is 14.2 Å². The number of hydrogen-bond acceptors (Lipinski definition) is 5. The average molecular weight is 398 g/mol. The summed E-state index contributed by atoms with van der Waals surface area (Å²) in [6, 6.07) is 4.80. The number of pyridine rings is 1. The fourth-order valence-corrected chi connectivity index (χ4v) is 5.49. The standard InChI is InChI=1S/C18H26ClN3OS.C2H6/c1-14-16(2-3-17(19)20-14)24-22-6-4-18(5-7-22)12-15(13-18)21-8-10-23-11-9-21;1-2/h2-3,15H,4-13H2,1H3;1-2H3. The van der Waals surface area contributed by atoms with Crippen LogP contribution in [0.5, 0.6) is 0 Å². The van der Waals surface area contributed by atoms with Crippen molar-refractivity contribution in [2.75, 3.05) is 39.4 Å². The summed E-state index contributed by atoms with van der Waals surface area (Å²) in [7, 11) is 0. The van der Waals surface area contributed by atoms with Crippen LogP contribution in [-0.2, 0) is 4.74 Å². The molecule has 26 heavy (non-hydrogen) atoms. The molecule has 2 saturated heterocycles. The minimum atomic E-state index is 0.582. The summed E-state index contributed by atoms with van der Waals surface area (Å²) in [5.74, 6) is 0. The lowest BCUT2D eigenvalue weighted by atomic mass is 9.60. The van der Waals surface area contributed by atoms with Gasteiger partial charge in [-0.1, -0.05) is 25.4 Å². The monoisotopic (exact) mass is 397 g/mol. The molecule has 3 aliphatic rings. The lowest BCUT2D eigenvalue weighted by Crippen LogP contribution is -2.56. The molecule has 146 valence electrons. The third kappa shape index (κ3) is 4.74. The lowest BCUT2D eigenvalue weighted by molar-refractivity contribution is -0.0664. The van der Waals surface area contributed by atoms with E-state index in [2.05, 4.69) is 20.3 Å². The minimum absolute atomic E-state index is 0.582. The third-order valence-corrected chi connectivity index (χ3v) is 7.38. The maximum atomic E-state index is 5.96. The Kier molecular flexibility index (Phi) is 7.25. The van der Waals surface area contributed by atoms with Gasteiger partial charge in [-0.2, -0.15) is 0 Å². The summed E-state index contributed by atoms with van der Waals surface area (Å²) in [5, 5.41) is 0.582. The SMILES string of the molecule is CC.Cc1nc(Cl)ccc1SN1CCC2(CC1)CC(N1CCOCC1)C2. The molecule has 2 aliphatic heterocycles. The molecule has 3 fully saturated rings. The van der Waals surface area contributed by atoms with Crippen LogP contribution in [0.2, 0.25) is 5.15 Å². The number of ether oxygens (including phenoxy) is 1. The normalized spacial score (nSPS) is 24.0. The van der Waals surface area contributed by atoms with Gasteiger partial charge < -0.3 is 4.74 Å². The highest BCUT2D eigenvalue weighted by Crippen LogP contribution is 2.52. The largest absolute Gasteiger partial charge is 0.379 e. The second-order valence-electron chi connectivity index (χ2n) is 7.45. The molecular weight excluding hydrogens is 366 g/mol. The fraction of sp³-hybridized carbons (Fsp3) is 0.750. The predicted molar refractivity (Wildman–Crippen MR) is 110 cm³/mol. The first kappa shape index (κ1) is 20.4. The molecule has 1 aliphatic carbocycles. The summed E-state index contributed by atoms with van der Waals surface area (Å²) in [4.78, 5) is 8.24. The molecule has 0 aromatic carbocycles. The second-order valence-corrected chi connectivity index (χ2v) is 8.97. The zero-order chi connectivity index (χ0) is 18.6. The molecule has 0 amide bonds. The molecule has 6 heteroatoms. The second kappa shape index (κ2) is 9.24. The van der Waals surface area contributed by atoms with Gasteiger partial charge in [0.15, 0.2) is 0 Å². The average Bonchev–Trinajstić information content (AvgIpc) is 2.65. The van der Waals surface area contributed by atoms with Crippen LogP contribution in [0.1, 0.15) is 45.2 Å². The Morgan fingerprint density at radius 3 is 2.38 bits per heavy atom. The number of halogens is 1. The molecule has 4 nitrogen and oxygen atoms in total. The summed E-state index contributed by atoms with van der Waals surface area (Å²) < 4.78 is 7.98. The van der Waals surface area contributed by atoms with Crippen LogP contribution in [-0.4, -0.2) is 59.6 Å². The van der Waals surface area contributed by atoms with Gasteiger partial charge in [-0.25, -0.2) is 9.29 Å². The molecule has 1 aromatic rings. The highest BCUT2D eigenvalue weighted by molar-refractivity contribution is 7.97. The van der Waals surface area contributed by atoms with Crippen molar-refractivity contribution in [3.05, 3.63) is 23.0 Å². The Morgan fingerprint density at radius 2 is 1.77 bits per heavy atom. The van der Waals surface area contributed by atoms with Crippen LogP contribution < -0.4 is 0 Å². The van der Waals surface area contributed by atoms with Gasteiger partial charge in [0.05, 0.1) is 18.9 Å². The van der Waals surface area contributed by atoms with E-state index in [9.17, 15) is 0 Å². The zero-order valence-electron chi connectivity index (χ0n) is 16.3. The number of piperidine rings is 1. The van der Waals surface area contributed by atoms with E-state index in [1.807, 2.05) is 38.8 Å². The van der Waals surface area contributed by atoms with Gasteiger partial charge in [-0.3, -0.25) is 4.90 Å². The lowest BCUT2D eigenvalue weighted by Gasteiger charge is -2.55. The van der Waals surface area contributed by atoms with Gasteiger partial charge in [0.2, 0.25) is 0 Å². The van der Waals surface area contributed by atoms with Crippen molar-refractivity contribution in [1.29, 1.82) is 0 Å². The number of aryl methyl sites for hydroxylation is 1. The van der Waals surface area contributed by atoms with E-state index in [1.54, 1.807) is 0 Å². The predicted octanol–water partition coefficient (Wildman–Crippen LogP) is 4.65. The quantitative estimate of drug-likeness (QED) is 0.546. The molecule has 1 saturated carbocycles. The molecule has 1 spiro atoms. The first-order chi connectivity index (χ1) is 12.6. The van der Waals surface area contributed by atoms with Crippen molar-refractivity contribution >= 4 is 23.5 Å². The fourth-order valence-electron chi connectivity index (χ4n) is 4.35. The van der Waals surface area contributed by atoms with Gasteiger partial charge in [-0.15, -0.1) is 0 Å². The maximum Gasteiger partial charge on any atom is 0.129 e. The van der Waals surface area contributed by atoms with E-state index in [-0.39, 0.29) is 0 Å². The zero-order valence-corrected chi connectivity index (χ0v) is 17.9. The van der Waals surface area contributed by atoms with Crippen LogP contribution in [0.15, 0.2) is 17.0 Å². The van der Waals surface area contributed by atoms with Crippen molar-refractivity contribution in [2.45, 2.75) is 57.4 Å². The van der Waals surface area contributed by atoms with Crippen LogP contribution in [0, 0.1) is 12.3 Å². The number of nitrogens with zero attached hydrogens (tertiary/aromatic N) is 3. The van der Waals surface area contributed by atoms with Crippen molar-refractivity contribution < 1.29 is 4.74 Å². The minimum Gasteiger partial charge on any atom is -0.379 e. The summed E-state index contributed by atoms with van der Waals surface area (Å²) >= 11 is 7.80. The van der Waals surface area contributed by atoms with Crippen LogP contribution in [0.4, 0.5) is 0 Å². The van der Waals surface area contributed by atoms with E-state index in [1.165, 1.54) is 43.7 Å². The van der Waals surface area contributed by atoms with E-state index in [0.29, 0.717) is 10.6 Å². The highest BCUT2D eigenvalue weighted by atomic mass is 35.5.